The van der Waals surface area contributed by atoms with Gasteiger partial charge in [0, 0.05) is 34.7 Å². The number of anilines is 1. The summed E-state index contributed by atoms with van der Waals surface area (Å²) in [5.41, 5.74) is 2.84. The molecule has 5 nitrogen and oxygen atoms in total. The number of hydrogen-bond acceptors (Lipinski definition) is 3. The van der Waals surface area contributed by atoms with Gasteiger partial charge in [0.1, 0.15) is 0 Å². The van der Waals surface area contributed by atoms with Crippen molar-refractivity contribution < 1.29 is 4.79 Å². The topological polar surface area (TPSA) is 61.0 Å². The molecule has 2 aromatic heterocycles. The second-order valence-corrected chi connectivity index (χ2v) is 6.91. The maximum absolute atomic E-state index is 12.5. The zero-order valence-electron chi connectivity index (χ0n) is 13.7. The number of fused-ring (bicyclic) bond motifs is 1. The van der Waals surface area contributed by atoms with Crippen LogP contribution in [0.2, 0.25) is 0 Å². The molecule has 1 aromatic carbocycles. The molecule has 6 heteroatoms. The molecular formula is C17H20N4OS. The van der Waals surface area contributed by atoms with Gasteiger partial charge in [-0.15, -0.1) is 11.3 Å². The molecule has 2 N–H and O–H groups in total. The molecule has 0 aliphatic rings. The number of aromatic nitrogens is 2. The molecule has 120 valence electrons. The lowest BCUT2D eigenvalue weighted by atomic mass is 10.2. The van der Waals surface area contributed by atoms with E-state index in [4.69, 9.17) is 0 Å². The molecule has 0 fully saturated rings. The molecule has 0 saturated carbocycles. The number of rotatable bonds is 3. The van der Waals surface area contributed by atoms with Crippen LogP contribution >= 0.6 is 11.3 Å². The third kappa shape index (κ3) is 3.07. The Morgan fingerprint density at radius 3 is 2.83 bits per heavy atom. The Bertz CT molecular complexity index is 851. The Labute approximate surface area is 139 Å². The molecule has 1 atom stereocenters. The van der Waals surface area contributed by atoms with Gasteiger partial charge < -0.3 is 15.2 Å². The van der Waals surface area contributed by atoms with E-state index >= 15 is 0 Å². The second-order valence-electron chi connectivity index (χ2n) is 5.68. The van der Waals surface area contributed by atoms with E-state index < -0.39 is 0 Å². The number of carbonyl (C=O) groups is 1. The van der Waals surface area contributed by atoms with E-state index in [2.05, 4.69) is 15.3 Å². The fourth-order valence-electron chi connectivity index (χ4n) is 2.63. The average molecular weight is 328 g/mol. The maximum Gasteiger partial charge on any atom is 0.322 e. The summed E-state index contributed by atoms with van der Waals surface area (Å²) < 4.78 is 0. The molecule has 1 unspecified atom stereocenters. The zero-order chi connectivity index (χ0) is 16.6. The van der Waals surface area contributed by atoms with Crippen LogP contribution in [0.5, 0.6) is 0 Å². The van der Waals surface area contributed by atoms with Gasteiger partial charge in [0.2, 0.25) is 0 Å². The van der Waals surface area contributed by atoms with Crippen LogP contribution in [0.25, 0.3) is 10.9 Å². The lowest BCUT2D eigenvalue weighted by Gasteiger charge is -2.24. The van der Waals surface area contributed by atoms with Crippen molar-refractivity contribution in [2.75, 3.05) is 12.4 Å². The molecule has 0 aliphatic heterocycles. The van der Waals surface area contributed by atoms with Gasteiger partial charge in [0.15, 0.2) is 0 Å². The summed E-state index contributed by atoms with van der Waals surface area (Å²) in [4.78, 5) is 22.9. The number of nitrogens with zero attached hydrogens (tertiary/aromatic N) is 2. The van der Waals surface area contributed by atoms with Gasteiger partial charge in [-0.2, -0.15) is 0 Å². The molecule has 0 aliphatic carbocycles. The first-order valence-corrected chi connectivity index (χ1v) is 8.32. The highest BCUT2D eigenvalue weighted by Crippen LogP contribution is 2.28. The number of carbonyl (C=O) groups excluding carboxylic acids is 1. The predicted molar refractivity (Wildman–Crippen MR) is 95.1 cm³/mol. The third-order valence-corrected chi connectivity index (χ3v) is 5.27. The number of thiazole rings is 1. The molecule has 2 amide bonds. The minimum Gasteiger partial charge on any atom is -0.361 e. The number of benzene rings is 1. The van der Waals surface area contributed by atoms with Crippen molar-refractivity contribution >= 4 is 34.0 Å². The lowest BCUT2D eigenvalue weighted by molar-refractivity contribution is 0.209. The SMILES string of the molecule is Cc1nc(C)c(C(C)N(C)C(=O)Nc2ccc3[nH]ccc3c2)s1. The number of amides is 2. The van der Waals surface area contributed by atoms with Crippen molar-refractivity contribution in [1.82, 2.24) is 14.9 Å². The molecule has 0 bridgehead atoms. The summed E-state index contributed by atoms with van der Waals surface area (Å²) in [6.07, 6.45) is 1.89. The number of hydrogen-bond donors (Lipinski definition) is 2. The van der Waals surface area contributed by atoms with Gasteiger partial charge in [-0.1, -0.05) is 0 Å². The number of urea groups is 1. The van der Waals surface area contributed by atoms with Gasteiger partial charge in [-0.05, 0) is 45.0 Å². The van der Waals surface area contributed by atoms with E-state index in [1.807, 2.05) is 58.3 Å². The fraction of sp³-hybridized carbons (Fsp3) is 0.294. The fourth-order valence-corrected chi connectivity index (χ4v) is 3.65. The largest absolute Gasteiger partial charge is 0.361 e. The number of aromatic amines is 1. The molecule has 3 aromatic rings. The van der Waals surface area contributed by atoms with Crippen LogP contribution in [0.15, 0.2) is 30.5 Å². The summed E-state index contributed by atoms with van der Waals surface area (Å²) in [6.45, 7) is 6.00. The summed E-state index contributed by atoms with van der Waals surface area (Å²) >= 11 is 1.64. The van der Waals surface area contributed by atoms with Gasteiger partial charge in [-0.3, -0.25) is 0 Å². The van der Waals surface area contributed by atoms with Gasteiger partial charge >= 0.3 is 6.03 Å². The second kappa shape index (κ2) is 6.04. The molecular weight excluding hydrogens is 308 g/mol. The van der Waals surface area contributed by atoms with Crippen LogP contribution < -0.4 is 5.32 Å². The van der Waals surface area contributed by atoms with Crippen molar-refractivity contribution in [3.63, 3.8) is 0 Å². The first-order valence-electron chi connectivity index (χ1n) is 7.50. The predicted octanol–water partition coefficient (Wildman–Crippen LogP) is 4.47. The molecule has 2 heterocycles. The Morgan fingerprint density at radius 2 is 2.13 bits per heavy atom. The first-order chi connectivity index (χ1) is 11.0. The summed E-state index contributed by atoms with van der Waals surface area (Å²) in [7, 11) is 1.81. The van der Waals surface area contributed by atoms with Crippen LogP contribution in [0, 0.1) is 13.8 Å². The quantitative estimate of drug-likeness (QED) is 0.745. The Hall–Kier alpha value is -2.34. The molecule has 23 heavy (non-hydrogen) atoms. The summed E-state index contributed by atoms with van der Waals surface area (Å²) in [5, 5.41) is 5.06. The first kappa shape index (κ1) is 15.6. The standard InChI is InChI=1S/C17H20N4OS/c1-10-16(23-12(3)19-10)11(2)21(4)17(22)20-14-5-6-15-13(9-14)7-8-18-15/h5-9,11,18H,1-4H3,(H,20,22). The average Bonchev–Trinajstić information content (AvgIpc) is 3.11. The van der Waals surface area contributed by atoms with E-state index in [0.717, 1.165) is 32.2 Å². The molecule has 0 saturated heterocycles. The van der Waals surface area contributed by atoms with E-state index in [-0.39, 0.29) is 12.1 Å². The van der Waals surface area contributed by atoms with Gasteiger partial charge in [-0.25, -0.2) is 9.78 Å². The van der Waals surface area contributed by atoms with E-state index in [1.54, 1.807) is 16.2 Å². The molecule has 0 radical (unpaired) electrons. The van der Waals surface area contributed by atoms with Crippen molar-refractivity contribution in [2.24, 2.45) is 0 Å². The summed E-state index contributed by atoms with van der Waals surface area (Å²) in [5.74, 6) is 0. The third-order valence-electron chi connectivity index (χ3n) is 4.02. The normalized spacial score (nSPS) is 12.3. The van der Waals surface area contributed by atoms with Crippen LogP contribution in [-0.4, -0.2) is 27.9 Å². The lowest BCUT2D eigenvalue weighted by Crippen LogP contribution is -2.33. The van der Waals surface area contributed by atoms with Crippen molar-refractivity contribution in [3.05, 3.63) is 46.0 Å². The van der Waals surface area contributed by atoms with Crippen molar-refractivity contribution in [2.45, 2.75) is 26.8 Å². The summed E-state index contributed by atoms with van der Waals surface area (Å²) in [6, 6.07) is 7.67. The van der Waals surface area contributed by atoms with E-state index in [1.165, 1.54) is 0 Å². The Morgan fingerprint density at radius 1 is 1.35 bits per heavy atom. The Kier molecular flexibility index (Phi) is 4.09. The van der Waals surface area contributed by atoms with Crippen molar-refractivity contribution in [3.8, 4) is 0 Å². The van der Waals surface area contributed by atoms with Crippen LogP contribution in [0.1, 0.15) is 28.5 Å². The zero-order valence-corrected chi connectivity index (χ0v) is 14.5. The van der Waals surface area contributed by atoms with Crippen LogP contribution in [0.3, 0.4) is 0 Å². The monoisotopic (exact) mass is 328 g/mol. The van der Waals surface area contributed by atoms with Crippen molar-refractivity contribution in [1.29, 1.82) is 0 Å². The number of aryl methyl sites for hydroxylation is 2. The minimum absolute atomic E-state index is 0.0165. The number of H-pyrrole nitrogens is 1. The highest BCUT2D eigenvalue weighted by atomic mass is 32.1. The minimum atomic E-state index is -0.127. The van der Waals surface area contributed by atoms with Gasteiger partial charge in [0.05, 0.1) is 16.7 Å². The van der Waals surface area contributed by atoms with Crippen LogP contribution in [-0.2, 0) is 0 Å². The van der Waals surface area contributed by atoms with Gasteiger partial charge in [0.25, 0.3) is 0 Å². The highest BCUT2D eigenvalue weighted by molar-refractivity contribution is 7.11. The van der Waals surface area contributed by atoms with E-state index in [9.17, 15) is 4.79 Å². The maximum atomic E-state index is 12.5. The van der Waals surface area contributed by atoms with Crippen LogP contribution in [0.4, 0.5) is 10.5 Å². The molecule has 3 rings (SSSR count). The highest BCUT2D eigenvalue weighted by Gasteiger charge is 2.21. The van der Waals surface area contributed by atoms with E-state index in [0.29, 0.717) is 0 Å². The number of nitrogens with one attached hydrogen (secondary N) is 2. The Balaban J connectivity index is 1.75. The molecule has 0 spiro atoms. The smallest absolute Gasteiger partial charge is 0.322 e.